The van der Waals surface area contributed by atoms with Crippen molar-refractivity contribution in [3.05, 3.63) is 83.2 Å². The Kier molecular flexibility index (Phi) is 4.58. The van der Waals surface area contributed by atoms with Gasteiger partial charge in [-0.05, 0) is 24.3 Å². The minimum absolute atomic E-state index is 0.0180. The standard InChI is InChI=1S/C22H14F3NO3/c1-26-16-6-3-2-5-12(16)19(22(27)28)20-17(26)7-4-8-18(20)29-11-13-14(23)9-10-15(24)21(13)25/h2-10H,11H2,1H3/p+1. The first-order valence-corrected chi connectivity index (χ1v) is 8.72. The number of fused-ring (bicyclic) bond motifs is 2. The van der Waals surface area contributed by atoms with Crippen LogP contribution in [0, 0.1) is 17.5 Å². The van der Waals surface area contributed by atoms with E-state index in [0.29, 0.717) is 27.9 Å². The fourth-order valence-electron chi connectivity index (χ4n) is 3.49. The molecule has 0 saturated carbocycles. The predicted octanol–water partition coefficient (Wildman–Crippen LogP) is 4.51. The predicted molar refractivity (Wildman–Crippen MR) is 100 cm³/mol. The van der Waals surface area contributed by atoms with Crippen LogP contribution in [0.1, 0.15) is 15.9 Å². The van der Waals surface area contributed by atoms with Crippen LogP contribution in [0.15, 0.2) is 54.6 Å². The minimum atomic E-state index is -1.33. The van der Waals surface area contributed by atoms with Gasteiger partial charge in [0.1, 0.15) is 30.6 Å². The van der Waals surface area contributed by atoms with E-state index in [1.165, 1.54) is 6.07 Å². The van der Waals surface area contributed by atoms with Gasteiger partial charge in [-0.3, -0.25) is 0 Å². The number of nitrogens with zero attached hydrogens (tertiary/aromatic N) is 1. The Labute approximate surface area is 163 Å². The van der Waals surface area contributed by atoms with E-state index < -0.39 is 35.6 Å². The molecule has 4 rings (SSSR count). The van der Waals surface area contributed by atoms with E-state index in [1.807, 2.05) is 4.57 Å². The van der Waals surface area contributed by atoms with Crippen molar-refractivity contribution in [2.45, 2.75) is 6.61 Å². The molecule has 0 spiro atoms. The molecular weight excluding hydrogens is 383 g/mol. The molecule has 3 aromatic carbocycles. The number of aryl methyl sites for hydroxylation is 1. The number of benzene rings is 3. The van der Waals surface area contributed by atoms with Crippen molar-refractivity contribution in [1.29, 1.82) is 0 Å². The summed E-state index contributed by atoms with van der Waals surface area (Å²) in [6, 6.07) is 13.4. The minimum Gasteiger partial charge on any atom is -0.488 e. The number of carbonyl (C=O) groups is 1. The van der Waals surface area contributed by atoms with Crippen LogP contribution in [0.4, 0.5) is 13.2 Å². The molecule has 0 saturated heterocycles. The van der Waals surface area contributed by atoms with Crippen molar-refractivity contribution in [2.75, 3.05) is 0 Å². The molecule has 0 aliphatic heterocycles. The number of carboxylic acid groups (broad SMARTS) is 1. The number of hydrogen-bond acceptors (Lipinski definition) is 2. The van der Waals surface area contributed by atoms with Crippen LogP contribution in [0.25, 0.3) is 21.8 Å². The number of pyridine rings is 1. The molecule has 0 atom stereocenters. The first-order chi connectivity index (χ1) is 13.9. The number of aromatic nitrogens is 1. The summed E-state index contributed by atoms with van der Waals surface area (Å²) < 4.78 is 48.8. The van der Waals surface area contributed by atoms with Crippen molar-refractivity contribution < 1.29 is 32.4 Å². The van der Waals surface area contributed by atoms with E-state index in [0.717, 1.165) is 6.07 Å². The number of rotatable bonds is 4. The molecule has 1 heterocycles. The van der Waals surface area contributed by atoms with E-state index >= 15 is 0 Å². The number of ether oxygens (including phenoxy) is 1. The average Bonchev–Trinajstić information content (AvgIpc) is 2.71. The summed E-state index contributed by atoms with van der Waals surface area (Å²) >= 11 is 0. The van der Waals surface area contributed by atoms with Crippen molar-refractivity contribution >= 4 is 27.8 Å². The van der Waals surface area contributed by atoms with Gasteiger partial charge >= 0.3 is 5.97 Å². The third kappa shape index (κ3) is 3.04. The van der Waals surface area contributed by atoms with E-state index in [-0.39, 0.29) is 11.3 Å². The average molecular weight is 398 g/mol. The van der Waals surface area contributed by atoms with Crippen LogP contribution in [0.3, 0.4) is 0 Å². The second kappa shape index (κ2) is 7.09. The van der Waals surface area contributed by atoms with Crippen molar-refractivity contribution in [2.24, 2.45) is 7.05 Å². The van der Waals surface area contributed by atoms with Gasteiger partial charge in [-0.15, -0.1) is 0 Å². The molecule has 0 radical (unpaired) electrons. The van der Waals surface area contributed by atoms with Gasteiger partial charge in [-0.1, -0.05) is 18.2 Å². The highest BCUT2D eigenvalue weighted by atomic mass is 19.2. The molecule has 29 heavy (non-hydrogen) atoms. The van der Waals surface area contributed by atoms with Gasteiger partial charge in [0.15, 0.2) is 11.6 Å². The molecule has 4 nitrogen and oxygen atoms in total. The van der Waals surface area contributed by atoms with Gasteiger partial charge in [-0.25, -0.2) is 18.0 Å². The Morgan fingerprint density at radius 3 is 2.41 bits per heavy atom. The fourth-order valence-corrected chi connectivity index (χ4v) is 3.49. The summed E-state index contributed by atoms with van der Waals surface area (Å²) in [7, 11) is 1.78. The highest BCUT2D eigenvalue weighted by molar-refractivity contribution is 6.13. The molecular formula is C22H15F3NO3+. The molecule has 0 aliphatic carbocycles. The SMILES string of the molecule is C[n+]1c2ccccc2c(C(=O)O)c2c(OCc3c(F)ccc(F)c3F)cccc21. The zero-order valence-corrected chi connectivity index (χ0v) is 15.2. The van der Waals surface area contributed by atoms with Crippen LogP contribution in [0.5, 0.6) is 5.75 Å². The molecule has 1 aromatic heterocycles. The second-order valence-electron chi connectivity index (χ2n) is 6.52. The molecule has 0 bridgehead atoms. The molecule has 0 amide bonds. The van der Waals surface area contributed by atoms with E-state index in [1.54, 1.807) is 43.4 Å². The maximum Gasteiger partial charge on any atom is 0.337 e. The normalized spacial score (nSPS) is 11.2. The summed E-state index contributed by atoms with van der Waals surface area (Å²) in [5.74, 6) is -4.50. The fraction of sp³-hybridized carbons (Fsp3) is 0.0909. The summed E-state index contributed by atoms with van der Waals surface area (Å²) in [6.07, 6.45) is 0. The van der Waals surface area contributed by atoms with Gasteiger partial charge < -0.3 is 9.84 Å². The molecule has 7 heteroatoms. The third-order valence-electron chi connectivity index (χ3n) is 4.88. The lowest BCUT2D eigenvalue weighted by molar-refractivity contribution is -0.617. The van der Waals surface area contributed by atoms with Gasteiger partial charge in [0.2, 0.25) is 11.0 Å². The van der Waals surface area contributed by atoms with E-state index in [2.05, 4.69) is 0 Å². The first-order valence-electron chi connectivity index (χ1n) is 8.72. The number of aromatic carboxylic acids is 1. The lowest BCUT2D eigenvalue weighted by Crippen LogP contribution is -2.31. The summed E-state index contributed by atoms with van der Waals surface area (Å²) in [5.41, 5.74) is 0.726. The van der Waals surface area contributed by atoms with Crippen molar-refractivity contribution in [3.63, 3.8) is 0 Å². The summed E-state index contributed by atoms with van der Waals surface area (Å²) in [5, 5.41) is 10.7. The zero-order chi connectivity index (χ0) is 20.7. The highest BCUT2D eigenvalue weighted by Crippen LogP contribution is 2.32. The summed E-state index contributed by atoms with van der Waals surface area (Å²) in [6.45, 7) is -0.593. The topological polar surface area (TPSA) is 50.4 Å². The quantitative estimate of drug-likeness (QED) is 0.313. The lowest BCUT2D eigenvalue weighted by Gasteiger charge is -2.13. The Hall–Kier alpha value is -3.61. The van der Waals surface area contributed by atoms with Crippen LogP contribution >= 0.6 is 0 Å². The Balaban J connectivity index is 1.93. The second-order valence-corrected chi connectivity index (χ2v) is 6.52. The van der Waals surface area contributed by atoms with E-state index in [4.69, 9.17) is 4.74 Å². The number of para-hydroxylation sites is 1. The molecule has 146 valence electrons. The van der Waals surface area contributed by atoms with Crippen LogP contribution in [-0.2, 0) is 13.7 Å². The smallest absolute Gasteiger partial charge is 0.337 e. The summed E-state index contributed by atoms with van der Waals surface area (Å²) in [4.78, 5) is 12.1. The number of halogens is 3. The van der Waals surface area contributed by atoms with Crippen LogP contribution in [-0.4, -0.2) is 11.1 Å². The third-order valence-corrected chi connectivity index (χ3v) is 4.88. The van der Waals surface area contributed by atoms with Gasteiger partial charge in [-0.2, -0.15) is 4.57 Å². The molecule has 4 aromatic rings. The lowest BCUT2D eigenvalue weighted by atomic mass is 10.0. The van der Waals surface area contributed by atoms with Gasteiger partial charge in [0.05, 0.1) is 16.5 Å². The number of carboxylic acids is 1. The largest absolute Gasteiger partial charge is 0.488 e. The Bertz CT molecular complexity index is 1290. The highest BCUT2D eigenvalue weighted by Gasteiger charge is 2.25. The zero-order valence-electron chi connectivity index (χ0n) is 15.2. The van der Waals surface area contributed by atoms with Crippen LogP contribution < -0.4 is 9.30 Å². The molecule has 1 N–H and O–H groups in total. The maximum atomic E-state index is 14.0. The van der Waals surface area contributed by atoms with Crippen molar-refractivity contribution in [1.82, 2.24) is 0 Å². The van der Waals surface area contributed by atoms with Gasteiger partial charge in [0, 0.05) is 12.1 Å². The number of hydrogen-bond donors (Lipinski definition) is 1. The van der Waals surface area contributed by atoms with Crippen molar-refractivity contribution in [3.8, 4) is 5.75 Å². The monoisotopic (exact) mass is 398 g/mol. The van der Waals surface area contributed by atoms with E-state index in [9.17, 15) is 23.1 Å². The molecule has 0 fully saturated rings. The maximum absolute atomic E-state index is 14.0. The molecule has 0 unspecified atom stereocenters. The molecule has 0 aliphatic rings. The van der Waals surface area contributed by atoms with Crippen LogP contribution in [0.2, 0.25) is 0 Å². The Morgan fingerprint density at radius 1 is 0.966 bits per heavy atom. The Morgan fingerprint density at radius 2 is 1.66 bits per heavy atom. The first kappa shape index (κ1) is 18.7. The van der Waals surface area contributed by atoms with Gasteiger partial charge in [0.25, 0.3) is 0 Å².